The van der Waals surface area contributed by atoms with E-state index in [1.165, 1.54) is 31.2 Å². The van der Waals surface area contributed by atoms with Crippen LogP contribution in [0.25, 0.3) is 0 Å². The molecule has 0 radical (unpaired) electrons. The number of amides is 3. The molecule has 3 aliphatic rings. The predicted molar refractivity (Wildman–Crippen MR) is 122 cm³/mol. The second kappa shape index (κ2) is 10.5. The Hall–Kier alpha value is -1.79. The molecule has 0 spiro atoms. The summed E-state index contributed by atoms with van der Waals surface area (Å²) in [5, 5.41) is 9.47. The van der Waals surface area contributed by atoms with Crippen LogP contribution >= 0.6 is 12.4 Å². The third kappa shape index (κ3) is 5.67. The molecule has 0 bridgehead atoms. The normalized spacial score (nSPS) is 28.2. The zero-order valence-corrected chi connectivity index (χ0v) is 18.7. The summed E-state index contributed by atoms with van der Waals surface area (Å²) in [7, 11) is 0. The molecule has 7 heteroatoms. The molecule has 2 aliphatic heterocycles. The summed E-state index contributed by atoms with van der Waals surface area (Å²) in [6.07, 6.45) is 8.15. The lowest BCUT2D eigenvalue weighted by Gasteiger charge is -2.34. The monoisotopic (exact) mass is 434 g/mol. The van der Waals surface area contributed by atoms with Gasteiger partial charge in [0.2, 0.25) is 5.91 Å². The molecule has 6 nitrogen and oxygen atoms in total. The minimum Gasteiger partial charge on any atom is -0.341 e. The summed E-state index contributed by atoms with van der Waals surface area (Å²) < 4.78 is 0. The van der Waals surface area contributed by atoms with E-state index in [2.05, 4.69) is 16.0 Å². The minimum absolute atomic E-state index is 0. The molecule has 4 rings (SSSR count). The summed E-state index contributed by atoms with van der Waals surface area (Å²) >= 11 is 0. The molecule has 3 amide bonds. The van der Waals surface area contributed by atoms with Crippen LogP contribution in [0.2, 0.25) is 0 Å². The van der Waals surface area contributed by atoms with E-state index in [9.17, 15) is 9.59 Å². The first-order valence-electron chi connectivity index (χ1n) is 11.2. The third-order valence-corrected chi connectivity index (χ3v) is 6.85. The van der Waals surface area contributed by atoms with Gasteiger partial charge in [0.25, 0.3) is 0 Å². The molecule has 1 saturated carbocycles. The minimum atomic E-state index is -0.182. The number of aryl methyl sites for hydroxylation is 1. The zero-order valence-electron chi connectivity index (χ0n) is 17.9. The second-order valence-corrected chi connectivity index (χ2v) is 9.10. The Morgan fingerprint density at radius 2 is 1.87 bits per heavy atom. The van der Waals surface area contributed by atoms with Gasteiger partial charge in [-0.15, -0.1) is 12.4 Å². The molecule has 0 aromatic heterocycles. The number of urea groups is 1. The highest BCUT2D eigenvalue weighted by Gasteiger charge is 2.40. The smallest absolute Gasteiger partial charge is 0.319 e. The highest BCUT2D eigenvalue weighted by molar-refractivity contribution is 5.89. The summed E-state index contributed by atoms with van der Waals surface area (Å²) in [5.41, 5.74) is 1.96. The zero-order chi connectivity index (χ0) is 20.2. The molecule has 1 aromatic carbocycles. The van der Waals surface area contributed by atoms with Gasteiger partial charge >= 0.3 is 6.03 Å². The van der Waals surface area contributed by atoms with E-state index in [1.54, 1.807) is 0 Å². The van der Waals surface area contributed by atoms with E-state index < -0.39 is 0 Å². The molecule has 166 valence electrons. The standard InChI is InChI=1S/C23H34N4O2.ClH/c1-16-8-10-19(11-9-16)25-23(29)24-14-17-5-4-12-27(15-17)22(28)21-13-18-6-2-3-7-20(18)26-21;/h8-11,17-18,20-21,26H,2-7,12-15H2,1H3,(H2,24,25,29);1H. The maximum atomic E-state index is 13.1. The Kier molecular flexibility index (Phi) is 8.00. The number of hydrogen-bond acceptors (Lipinski definition) is 3. The quantitative estimate of drug-likeness (QED) is 0.676. The van der Waals surface area contributed by atoms with Crippen LogP contribution in [0.4, 0.5) is 10.5 Å². The van der Waals surface area contributed by atoms with Crippen molar-refractivity contribution in [1.29, 1.82) is 0 Å². The van der Waals surface area contributed by atoms with Crippen LogP contribution in [-0.2, 0) is 4.79 Å². The van der Waals surface area contributed by atoms with Crippen LogP contribution in [-0.4, -0.2) is 48.6 Å². The van der Waals surface area contributed by atoms with Crippen molar-refractivity contribution in [1.82, 2.24) is 15.5 Å². The van der Waals surface area contributed by atoms with Crippen molar-refractivity contribution in [3.05, 3.63) is 29.8 Å². The number of rotatable bonds is 4. The van der Waals surface area contributed by atoms with Crippen molar-refractivity contribution < 1.29 is 9.59 Å². The van der Waals surface area contributed by atoms with Crippen molar-refractivity contribution >= 4 is 30.0 Å². The van der Waals surface area contributed by atoms with Crippen LogP contribution in [0.1, 0.15) is 50.5 Å². The van der Waals surface area contributed by atoms with Crippen LogP contribution in [0.15, 0.2) is 24.3 Å². The number of hydrogen-bond donors (Lipinski definition) is 3. The van der Waals surface area contributed by atoms with E-state index in [1.807, 2.05) is 36.1 Å². The number of nitrogens with zero attached hydrogens (tertiary/aromatic N) is 1. The van der Waals surface area contributed by atoms with E-state index >= 15 is 0 Å². The van der Waals surface area contributed by atoms with Crippen molar-refractivity contribution in [2.75, 3.05) is 25.0 Å². The molecular weight excluding hydrogens is 400 g/mol. The van der Waals surface area contributed by atoms with Crippen LogP contribution in [0, 0.1) is 18.8 Å². The molecule has 4 unspecified atom stereocenters. The number of benzene rings is 1. The van der Waals surface area contributed by atoms with Gasteiger partial charge < -0.3 is 20.9 Å². The van der Waals surface area contributed by atoms with E-state index in [0.29, 0.717) is 24.4 Å². The summed E-state index contributed by atoms with van der Waals surface area (Å²) in [5.74, 6) is 1.28. The molecule has 3 fully saturated rings. The molecule has 4 atom stereocenters. The van der Waals surface area contributed by atoms with Gasteiger partial charge in [-0.1, -0.05) is 30.5 Å². The van der Waals surface area contributed by atoms with Gasteiger partial charge in [-0.3, -0.25) is 4.79 Å². The lowest BCUT2D eigenvalue weighted by molar-refractivity contribution is -0.135. The molecular formula is C23H35ClN4O2. The molecule has 30 heavy (non-hydrogen) atoms. The highest BCUT2D eigenvalue weighted by atomic mass is 35.5. The second-order valence-electron chi connectivity index (χ2n) is 9.10. The van der Waals surface area contributed by atoms with Gasteiger partial charge in [0.1, 0.15) is 0 Å². The fraction of sp³-hybridized carbons (Fsp3) is 0.652. The Labute approximate surface area is 186 Å². The highest BCUT2D eigenvalue weighted by Crippen LogP contribution is 2.34. The summed E-state index contributed by atoms with van der Waals surface area (Å²) in [6, 6.07) is 8.13. The molecule has 1 aromatic rings. The first-order valence-corrected chi connectivity index (χ1v) is 11.2. The van der Waals surface area contributed by atoms with Gasteiger partial charge in [0.05, 0.1) is 6.04 Å². The van der Waals surface area contributed by atoms with Gasteiger partial charge in [0, 0.05) is 31.4 Å². The van der Waals surface area contributed by atoms with Crippen molar-refractivity contribution in [3.8, 4) is 0 Å². The number of likely N-dealkylation sites (tertiary alicyclic amines) is 1. The molecule has 2 saturated heterocycles. The van der Waals surface area contributed by atoms with Crippen molar-refractivity contribution in [3.63, 3.8) is 0 Å². The van der Waals surface area contributed by atoms with Crippen LogP contribution in [0.3, 0.4) is 0 Å². The lowest BCUT2D eigenvalue weighted by atomic mass is 9.85. The molecule has 1 aliphatic carbocycles. The Morgan fingerprint density at radius 3 is 2.63 bits per heavy atom. The van der Waals surface area contributed by atoms with E-state index in [4.69, 9.17) is 0 Å². The average Bonchev–Trinajstić information content (AvgIpc) is 3.18. The fourth-order valence-electron chi connectivity index (χ4n) is 5.21. The SMILES string of the molecule is Cc1ccc(NC(=O)NCC2CCCN(C(=O)C3CC4CCCCC4N3)C2)cc1.Cl. The molecule has 3 N–H and O–H groups in total. The van der Waals surface area contributed by atoms with Gasteiger partial charge in [-0.25, -0.2) is 4.79 Å². The maximum Gasteiger partial charge on any atom is 0.319 e. The van der Waals surface area contributed by atoms with Crippen LogP contribution < -0.4 is 16.0 Å². The van der Waals surface area contributed by atoms with Gasteiger partial charge in [-0.05, 0) is 63.0 Å². The maximum absolute atomic E-state index is 13.1. The first-order chi connectivity index (χ1) is 14.1. The summed E-state index contributed by atoms with van der Waals surface area (Å²) in [4.78, 5) is 27.3. The number of halogens is 1. The Morgan fingerprint density at radius 1 is 1.10 bits per heavy atom. The average molecular weight is 435 g/mol. The van der Waals surface area contributed by atoms with Crippen molar-refractivity contribution in [2.24, 2.45) is 11.8 Å². The third-order valence-electron chi connectivity index (χ3n) is 6.85. The number of carbonyl (C=O) groups excluding carboxylic acids is 2. The first kappa shape index (κ1) is 22.9. The fourth-order valence-corrected chi connectivity index (χ4v) is 5.21. The van der Waals surface area contributed by atoms with Crippen LogP contribution in [0.5, 0.6) is 0 Å². The lowest BCUT2D eigenvalue weighted by Crippen LogP contribution is -2.50. The Bertz CT molecular complexity index is 712. The van der Waals surface area contributed by atoms with E-state index in [0.717, 1.165) is 38.0 Å². The van der Waals surface area contributed by atoms with Crippen molar-refractivity contribution in [2.45, 2.75) is 64.0 Å². The molecule has 2 heterocycles. The Balaban J connectivity index is 0.00000256. The van der Waals surface area contributed by atoms with E-state index in [-0.39, 0.29) is 30.4 Å². The largest absolute Gasteiger partial charge is 0.341 e. The number of piperidine rings is 1. The number of nitrogens with one attached hydrogen (secondary N) is 3. The number of carbonyl (C=O) groups is 2. The summed E-state index contributed by atoms with van der Waals surface area (Å²) in [6.45, 7) is 4.22. The van der Waals surface area contributed by atoms with Gasteiger partial charge in [0.15, 0.2) is 0 Å². The predicted octanol–water partition coefficient (Wildman–Crippen LogP) is 3.70. The number of anilines is 1. The number of fused-ring (bicyclic) bond motifs is 1. The van der Waals surface area contributed by atoms with Gasteiger partial charge in [-0.2, -0.15) is 0 Å². The topological polar surface area (TPSA) is 73.5 Å².